The molecule has 1 saturated carbocycles. The second-order valence-corrected chi connectivity index (χ2v) is 7.37. The Bertz CT molecular complexity index is 731. The van der Waals surface area contributed by atoms with Crippen LogP contribution in [0.2, 0.25) is 0 Å². The fourth-order valence-electron chi connectivity index (χ4n) is 3.87. The summed E-state index contributed by atoms with van der Waals surface area (Å²) < 4.78 is 0. The van der Waals surface area contributed by atoms with E-state index in [1.807, 2.05) is 23.1 Å². The summed E-state index contributed by atoms with van der Waals surface area (Å²) in [5.74, 6) is -0.865. The van der Waals surface area contributed by atoms with Gasteiger partial charge in [0.05, 0.1) is 12.5 Å². The third kappa shape index (κ3) is 3.52. The maximum absolute atomic E-state index is 12.3. The van der Waals surface area contributed by atoms with Crippen LogP contribution in [0.5, 0.6) is 0 Å². The molecule has 1 atom stereocenters. The fourth-order valence-corrected chi connectivity index (χ4v) is 3.87. The minimum atomic E-state index is -0.376. The molecular weight excluding hydrogens is 332 g/mol. The lowest BCUT2D eigenvalue weighted by molar-refractivity contribution is -0.131. The van der Waals surface area contributed by atoms with Crippen molar-refractivity contribution in [2.45, 2.75) is 38.1 Å². The lowest BCUT2D eigenvalue weighted by Crippen LogP contribution is -2.49. The van der Waals surface area contributed by atoms with Gasteiger partial charge < -0.3 is 9.80 Å². The molecule has 2 heterocycles. The van der Waals surface area contributed by atoms with Gasteiger partial charge in [0.2, 0.25) is 11.8 Å². The Morgan fingerprint density at radius 1 is 1.15 bits per heavy atom. The molecule has 7 nitrogen and oxygen atoms in total. The van der Waals surface area contributed by atoms with Gasteiger partial charge in [0.25, 0.3) is 5.91 Å². The third-order valence-electron chi connectivity index (χ3n) is 5.38. The highest BCUT2D eigenvalue weighted by Crippen LogP contribution is 2.32. The number of carbonyl (C=O) groups is 3. The molecule has 1 aromatic rings. The van der Waals surface area contributed by atoms with E-state index in [4.69, 9.17) is 0 Å². The minimum Gasteiger partial charge on any atom is -0.362 e. The van der Waals surface area contributed by atoms with Crippen molar-refractivity contribution in [1.82, 2.24) is 15.8 Å². The maximum atomic E-state index is 12.3. The fraction of sp³-hybridized carbons (Fsp3) is 0.526. The zero-order valence-corrected chi connectivity index (χ0v) is 14.7. The summed E-state index contributed by atoms with van der Waals surface area (Å²) in [5, 5.41) is 0. The molecule has 1 aromatic carbocycles. The summed E-state index contributed by atoms with van der Waals surface area (Å²) in [6.45, 7) is 1.49. The van der Waals surface area contributed by atoms with E-state index in [1.165, 1.54) is 5.56 Å². The van der Waals surface area contributed by atoms with Crippen LogP contribution in [0, 0.1) is 5.92 Å². The Kier molecular flexibility index (Phi) is 4.53. The number of hydrogen-bond donors (Lipinski definition) is 2. The van der Waals surface area contributed by atoms with Crippen molar-refractivity contribution in [3.8, 4) is 0 Å². The lowest BCUT2D eigenvalue weighted by atomic mass is 10.0. The molecule has 0 bridgehead atoms. The highest BCUT2D eigenvalue weighted by molar-refractivity contribution is 5.91. The lowest BCUT2D eigenvalue weighted by Gasteiger charge is -2.30. The molecule has 2 N–H and O–H groups in total. The first-order valence-electron chi connectivity index (χ1n) is 9.33. The van der Waals surface area contributed by atoms with E-state index in [2.05, 4.69) is 16.9 Å². The zero-order valence-electron chi connectivity index (χ0n) is 14.7. The van der Waals surface area contributed by atoms with Gasteiger partial charge in [-0.3, -0.25) is 25.2 Å². The molecule has 2 fully saturated rings. The Labute approximate surface area is 152 Å². The number of nitrogens with zero attached hydrogens (tertiary/aromatic N) is 2. The van der Waals surface area contributed by atoms with Crippen LogP contribution in [0.1, 0.15) is 31.2 Å². The number of fused-ring (bicyclic) bond motifs is 1. The van der Waals surface area contributed by atoms with E-state index in [9.17, 15) is 14.4 Å². The smallest absolute Gasteiger partial charge is 0.257 e. The van der Waals surface area contributed by atoms with Gasteiger partial charge in [0, 0.05) is 31.2 Å². The van der Waals surface area contributed by atoms with E-state index in [0.29, 0.717) is 12.6 Å². The number of hydrazine groups is 1. The number of likely N-dealkylation sites (tertiary alicyclic amines) is 1. The van der Waals surface area contributed by atoms with Gasteiger partial charge in [-0.05, 0) is 37.3 Å². The van der Waals surface area contributed by atoms with Gasteiger partial charge in [0.15, 0.2) is 0 Å². The van der Waals surface area contributed by atoms with Crippen molar-refractivity contribution in [2.24, 2.45) is 5.92 Å². The Hall–Kier alpha value is -2.57. The number of carbonyl (C=O) groups excluding carboxylic acids is 3. The van der Waals surface area contributed by atoms with Crippen molar-refractivity contribution in [3.63, 3.8) is 0 Å². The maximum Gasteiger partial charge on any atom is 0.257 e. The molecule has 0 aromatic heterocycles. The minimum absolute atomic E-state index is 0.0453. The van der Waals surface area contributed by atoms with Gasteiger partial charge in [-0.1, -0.05) is 18.2 Å². The van der Waals surface area contributed by atoms with E-state index < -0.39 is 0 Å². The first kappa shape index (κ1) is 16.9. The van der Waals surface area contributed by atoms with Crippen LogP contribution < -0.4 is 15.8 Å². The molecule has 4 rings (SSSR count). The van der Waals surface area contributed by atoms with Gasteiger partial charge in [-0.2, -0.15) is 0 Å². The van der Waals surface area contributed by atoms with Crippen LogP contribution in [0.4, 0.5) is 5.69 Å². The predicted octanol–water partition coefficient (Wildman–Crippen LogP) is 0.598. The van der Waals surface area contributed by atoms with Gasteiger partial charge >= 0.3 is 0 Å². The summed E-state index contributed by atoms with van der Waals surface area (Å²) >= 11 is 0. The molecular formula is C19H24N4O3. The molecule has 7 heteroatoms. The van der Waals surface area contributed by atoms with Crippen molar-refractivity contribution in [3.05, 3.63) is 29.8 Å². The number of rotatable bonds is 4. The van der Waals surface area contributed by atoms with E-state index >= 15 is 0 Å². The largest absolute Gasteiger partial charge is 0.362 e. The monoisotopic (exact) mass is 356 g/mol. The summed E-state index contributed by atoms with van der Waals surface area (Å²) in [6, 6.07) is 8.42. The standard InChI is InChI=1S/C19H24N4O3/c24-17(12-22-9-3-5-13-4-1-2-6-16(13)22)20-21-19(26)14-10-18(25)23(11-14)15-7-8-15/h1-2,4,6,14-15H,3,5,7-12H2,(H,20,24)(H,21,26). The van der Waals surface area contributed by atoms with Crippen LogP contribution in [-0.2, 0) is 20.8 Å². The number of para-hydroxylation sites is 1. The van der Waals surface area contributed by atoms with Gasteiger partial charge in [-0.15, -0.1) is 0 Å². The zero-order chi connectivity index (χ0) is 18.1. The van der Waals surface area contributed by atoms with E-state index in [-0.39, 0.29) is 36.6 Å². The molecule has 1 aliphatic carbocycles. The average molecular weight is 356 g/mol. The van der Waals surface area contributed by atoms with Crippen molar-refractivity contribution >= 4 is 23.4 Å². The first-order chi connectivity index (χ1) is 12.6. The third-order valence-corrected chi connectivity index (χ3v) is 5.38. The highest BCUT2D eigenvalue weighted by atomic mass is 16.2. The Morgan fingerprint density at radius 3 is 2.77 bits per heavy atom. The number of aryl methyl sites for hydroxylation is 1. The highest BCUT2D eigenvalue weighted by Gasteiger charge is 2.41. The number of nitrogens with one attached hydrogen (secondary N) is 2. The quantitative estimate of drug-likeness (QED) is 0.774. The Balaban J connectivity index is 1.27. The molecule has 0 spiro atoms. The average Bonchev–Trinajstić information content (AvgIpc) is 3.42. The molecule has 138 valence electrons. The Morgan fingerprint density at radius 2 is 1.96 bits per heavy atom. The van der Waals surface area contributed by atoms with Crippen LogP contribution in [0.25, 0.3) is 0 Å². The van der Waals surface area contributed by atoms with Crippen molar-refractivity contribution < 1.29 is 14.4 Å². The normalized spacial score (nSPS) is 22.2. The first-order valence-corrected chi connectivity index (χ1v) is 9.33. The molecule has 1 saturated heterocycles. The second kappa shape index (κ2) is 6.97. The predicted molar refractivity (Wildman–Crippen MR) is 96.1 cm³/mol. The number of amides is 3. The SMILES string of the molecule is O=C(CN1CCCc2ccccc21)NNC(=O)C1CC(=O)N(C2CC2)C1. The summed E-state index contributed by atoms with van der Waals surface area (Å²) in [4.78, 5) is 40.3. The van der Waals surface area contributed by atoms with Crippen LogP contribution in [0.15, 0.2) is 24.3 Å². The molecule has 0 radical (unpaired) electrons. The molecule has 3 aliphatic rings. The number of hydrogen-bond acceptors (Lipinski definition) is 4. The molecule has 26 heavy (non-hydrogen) atoms. The van der Waals surface area contributed by atoms with Gasteiger partial charge in [-0.25, -0.2) is 0 Å². The van der Waals surface area contributed by atoms with Crippen LogP contribution >= 0.6 is 0 Å². The van der Waals surface area contributed by atoms with E-state index in [0.717, 1.165) is 37.9 Å². The van der Waals surface area contributed by atoms with Crippen molar-refractivity contribution in [2.75, 3.05) is 24.5 Å². The topological polar surface area (TPSA) is 81.8 Å². The number of anilines is 1. The molecule has 3 amide bonds. The van der Waals surface area contributed by atoms with Crippen molar-refractivity contribution in [1.29, 1.82) is 0 Å². The second-order valence-electron chi connectivity index (χ2n) is 7.37. The summed E-state index contributed by atoms with van der Waals surface area (Å²) in [6.07, 6.45) is 4.34. The molecule has 2 aliphatic heterocycles. The molecule has 1 unspecified atom stereocenters. The van der Waals surface area contributed by atoms with E-state index in [1.54, 1.807) is 4.90 Å². The number of benzene rings is 1. The summed E-state index contributed by atoms with van der Waals surface area (Å²) in [5.41, 5.74) is 7.33. The van der Waals surface area contributed by atoms with Crippen LogP contribution in [0.3, 0.4) is 0 Å². The van der Waals surface area contributed by atoms with Crippen LogP contribution in [-0.4, -0.2) is 48.3 Å². The van der Waals surface area contributed by atoms with Gasteiger partial charge in [0.1, 0.15) is 0 Å². The summed E-state index contributed by atoms with van der Waals surface area (Å²) in [7, 11) is 0.